The van der Waals surface area contributed by atoms with Gasteiger partial charge in [0.1, 0.15) is 5.82 Å². The van der Waals surface area contributed by atoms with Crippen molar-refractivity contribution in [3.05, 3.63) is 30.1 Å². The molecule has 1 aromatic carbocycles. The normalized spacial score (nSPS) is 12.2. The molecule has 2 N–H and O–H groups in total. The number of para-hydroxylation sites is 1. The molecule has 0 aliphatic heterocycles. The number of rotatable bonds is 5. The molecule has 0 aliphatic carbocycles. The van der Waals surface area contributed by atoms with Crippen molar-refractivity contribution in [1.29, 1.82) is 0 Å². The minimum absolute atomic E-state index is 0.00590. The van der Waals surface area contributed by atoms with Crippen LogP contribution in [0.1, 0.15) is 6.92 Å². The second kappa shape index (κ2) is 6.50. The molecule has 0 saturated heterocycles. The van der Waals surface area contributed by atoms with E-state index >= 15 is 0 Å². The van der Waals surface area contributed by atoms with E-state index in [1.54, 1.807) is 12.1 Å². The second-order valence-corrected chi connectivity index (χ2v) is 4.76. The topological polar surface area (TPSA) is 49.3 Å². The van der Waals surface area contributed by atoms with E-state index in [4.69, 9.17) is 5.11 Å². The lowest BCUT2D eigenvalue weighted by atomic mass is 10.3. The van der Waals surface area contributed by atoms with Crippen molar-refractivity contribution in [1.82, 2.24) is 0 Å². The lowest BCUT2D eigenvalue weighted by Gasteiger charge is -2.08. The van der Waals surface area contributed by atoms with Crippen LogP contribution >= 0.6 is 11.8 Å². The number of hydrogen-bond donors (Lipinski definition) is 2. The Balaban J connectivity index is 2.43. The third kappa shape index (κ3) is 4.20. The van der Waals surface area contributed by atoms with Gasteiger partial charge < -0.3 is 10.4 Å². The predicted molar refractivity (Wildman–Crippen MR) is 64.0 cm³/mol. The first kappa shape index (κ1) is 13.0. The fourth-order valence-electron chi connectivity index (χ4n) is 1.02. The third-order valence-corrected chi connectivity index (χ3v) is 3.05. The molecule has 0 bridgehead atoms. The fourth-order valence-corrected chi connectivity index (χ4v) is 1.63. The number of amides is 1. The standard InChI is InChI=1S/C11H14FNO2S/c1-8(6-14)16-7-11(15)13-10-5-3-2-4-9(10)12/h2-5,8,14H,6-7H2,1H3,(H,13,15). The average Bonchev–Trinajstić information content (AvgIpc) is 2.29. The van der Waals surface area contributed by atoms with Gasteiger partial charge in [0.05, 0.1) is 18.0 Å². The molecule has 1 rings (SSSR count). The van der Waals surface area contributed by atoms with Crippen LogP contribution in [0, 0.1) is 5.82 Å². The highest BCUT2D eigenvalue weighted by molar-refractivity contribution is 8.00. The zero-order valence-electron chi connectivity index (χ0n) is 8.94. The molecule has 1 amide bonds. The van der Waals surface area contributed by atoms with E-state index in [1.807, 2.05) is 6.92 Å². The van der Waals surface area contributed by atoms with E-state index in [0.29, 0.717) is 0 Å². The van der Waals surface area contributed by atoms with E-state index in [-0.39, 0.29) is 29.2 Å². The SMILES string of the molecule is CC(CO)SCC(=O)Nc1ccccc1F. The maximum atomic E-state index is 13.2. The Kier molecular flexibility index (Phi) is 5.28. The van der Waals surface area contributed by atoms with Crippen molar-refractivity contribution in [3.8, 4) is 0 Å². The number of halogens is 1. The van der Waals surface area contributed by atoms with Gasteiger partial charge in [-0.15, -0.1) is 11.8 Å². The molecule has 0 heterocycles. The number of aliphatic hydroxyl groups excluding tert-OH is 1. The van der Waals surface area contributed by atoms with E-state index < -0.39 is 5.82 Å². The summed E-state index contributed by atoms with van der Waals surface area (Å²) in [5, 5.41) is 11.2. The largest absolute Gasteiger partial charge is 0.395 e. The fraction of sp³-hybridized carbons (Fsp3) is 0.364. The maximum Gasteiger partial charge on any atom is 0.234 e. The van der Waals surface area contributed by atoms with Crippen LogP contribution in [0.4, 0.5) is 10.1 Å². The third-order valence-electron chi connectivity index (χ3n) is 1.90. The van der Waals surface area contributed by atoms with Gasteiger partial charge in [0, 0.05) is 5.25 Å². The summed E-state index contributed by atoms with van der Waals surface area (Å²) < 4.78 is 13.2. The van der Waals surface area contributed by atoms with Crippen molar-refractivity contribution in [3.63, 3.8) is 0 Å². The van der Waals surface area contributed by atoms with Gasteiger partial charge in [-0.05, 0) is 12.1 Å². The van der Waals surface area contributed by atoms with Crippen molar-refractivity contribution < 1.29 is 14.3 Å². The molecule has 0 aliphatic rings. The highest BCUT2D eigenvalue weighted by Gasteiger charge is 2.08. The van der Waals surface area contributed by atoms with Gasteiger partial charge in [-0.2, -0.15) is 0 Å². The van der Waals surface area contributed by atoms with Crippen LogP contribution in [0.15, 0.2) is 24.3 Å². The average molecular weight is 243 g/mol. The predicted octanol–water partition coefficient (Wildman–Crippen LogP) is 1.88. The Morgan fingerprint density at radius 3 is 2.88 bits per heavy atom. The Hall–Kier alpha value is -1.07. The van der Waals surface area contributed by atoms with Crippen LogP contribution in [0.25, 0.3) is 0 Å². The first-order valence-corrected chi connectivity index (χ1v) is 5.95. The van der Waals surface area contributed by atoms with Gasteiger partial charge in [0.2, 0.25) is 5.91 Å². The smallest absolute Gasteiger partial charge is 0.234 e. The van der Waals surface area contributed by atoms with Crippen LogP contribution < -0.4 is 5.32 Å². The summed E-state index contributed by atoms with van der Waals surface area (Å²) >= 11 is 1.33. The number of anilines is 1. The number of benzene rings is 1. The van der Waals surface area contributed by atoms with Crippen LogP contribution in [0.5, 0.6) is 0 Å². The summed E-state index contributed by atoms with van der Waals surface area (Å²) in [5.41, 5.74) is 0.185. The van der Waals surface area contributed by atoms with Crippen molar-refractivity contribution in [2.75, 3.05) is 17.7 Å². The highest BCUT2D eigenvalue weighted by atomic mass is 32.2. The summed E-state index contributed by atoms with van der Waals surface area (Å²) in [6, 6.07) is 6.02. The van der Waals surface area contributed by atoms with Crippen LogP contribution in [-0.4, -0.2) is 28.6 Å². The minimum atomic E-state index is -0.448. The number of thioether (sulfide) groups is 1. The molecule has 1 aromatic rings. The minimum Gasteiger partial charge on any atom is -0.395 e. The summed E-state index contributed by atoms with van der Waals surface area (Å²) in [6.45, 7) is 1.85. The Morgan fingerprint density at radius 1 is 1.56 bits per heavy atom. The Labute approximate surface area is 98.1 Å². The summed E-state index contributed by atoms with van der Waals surface area (Å²) in [5.74, 6) is -0.512. The maximum absolute atomic E-state index is 13.2. The van der Waals surface area contributed by atoms with Crippen LogP contribution in [0.2, 0.25) is 0 Å². The van der Waals surface area contributed by atoms with Gasteiger partial charge in [-0.3, -0.25) is 4.79 Å². The van der Waals surface area contributed by atoms with Crippen LogP contribution in [-0.2, 0) is 4.79 Å². The van der Waals surface area contributed by atoms with Gasteiger partial charge in [0.15, 0.2) is 0 Å². The molecule has 16 heavy (non-hydrogen) atoms. The monoisotopic (exact) mass is 243 g/mol. The Morgan fingerprint density at radius 2 is 2.25 bits per heavy atom. The summed E-state index contributed by atoms with van der Waals surface area (Å²) in [6.07, 6.45) is 0. The lowest BCUT2D eigenvalue weighted by Crippen LogP contribution is -2.17. The highest BCUT2D eigenvalue weighted by Crippen LogP contribution is 2.14. The first-order chi connectivity index (χ1) is 7.63. The number of carbonyl (C=O) groups excluding carboxylic acids is 1. The van der Waals surface area contributed by atoms with Gasteiger partial charge in [-0.1, -0.05) is 19.1 Å². The molecule has 0 fully saturated rings. The molecule has 0 aromatic heterocycles. The second-order valence-electron chi connectivity index (χ2n) is 3.33. The lowest BCUT2D eigenvalue weighted by molar-refractivity contribution is -0.113. The zero-order valence-corrected chi connectivity index (χ0v) is 9.76. The number of carbonyl (C=O) groups is 1. The summed E-state index contributed by atoms with van der Waals surface area (Å²) in [4.78, 5) is 11.4. The van der Waals surface area contributed by atoms with E-state index in [1.165, 1.54) is 23.9 Å². The zero-order chi connectivity index (χ0) is 12.0. The molecule has 88 valence electrons. The van der Waals surface area contributed by atoms with Gasteiger partial charge >= 0.3 is 0 Å². The number of aliphatic hydroxyl groups is 1. The van der Waals surface area contributed by atoms with E-state index in [9.17, 15) is 9.18 Å². The molecule has 0 saturated carbocycles. The van der Waals surface area contributed by atoms with Crippen molar-refractivity contribution in [2.45, 2.75) is 12.2 Å². The summed E-state index contributed by atoms with van der Waals surface area (Å²) in [7, 11) is 0. The quantitative estimate of drug-likeness (QED) is 0.830. The number of hydrogen-bond acceptors (Lipinski definition) is 3. The molecule has 0 spiro atoms. The molecular weight excluding hydrogens is 229 g/mol. The van der Waals surface area contributed by atoms with E-state index in [0.717, 1.165) is 0 Å². The van der Waals surface area contributed by atoms with Crippen molar-refractivity contribution >= 4 is 23.4 Å². The first-order valence-electron chi connectivity index (χ1n) is 4.90. The van der Waals surface area contributed by atoms with Crippen LogP contribution in [0.3, 0.4) is 0 Å². The van der Waals surface area contributed by atoms with Gasteiger partial charge in [0.25, 0.3) is 0 Å². The van der Waals surface area contributed by atoms with E-state index in [2.05, 4.69) is 5.32 Å². The molecule has 5 heteroatoms. The molecule has 0 radical (unpaired) electrons. The van der Waals surface area contributed by atoms with Gasteiger partial charge in [-0.25, -0.2) is 4.39 Å². The molecule has 1 unspecified atom stereocenters. The molecular formula is C11H14FNO2S. The molecule has 3 nitrogen and oxygen atoms in total. The Bertz CT molecular complexity index is 360. The number of nitrogens with one attached hydrogen (secondary N) is 1. The molecule has 1 atom stereocenters. The van der Waals surface area contributed by atoms with Crippen molar-refractivity contribution in [2.24, 2.45) is 0 Å².